The van der Waals surface area contributed by atoms with E-state index in [9.17, 15) is 4.79 Å². The summed E-state index contributed by atoms with van der Waals surface area (Å²) in [5.74, 6) is 3.47. The summed E-state index contributed by atoms with van der Waals surface area (Å²) in [6.45, 7) is 0.503. The first-order chi connectivity index (χ1) is 14.6. The van der Waals surface area contributed by atoms with Gasteiger partial charge in [0.15, 0.2) is 5.82 Å². The fourth-order valence-corrected chi connectivity index (χ4v) is 3.67. The van der Waals surface area contributed by atoms with Gasteiger partial charge in [0.1, 0.15) is 40.0 Å². The van der Waals surface area contributed by atoms with Crippen molar-refractivity contribution < 1.29 is 19.0 Å². The van der Waals surface area contributed by atoms with Crippen LogP contribution in [0, 0.1) is 0 Å². The molecule has 0 saturated carbocycles. The fourth-order valence-electron chi connectivity index (χ4n) is 2.92. The van der Waals surface area contributed by atoms with Crippen LogP contribution in [0.1, 0.15) is 5.56 Å². The lowest BCUT2D eigenvalue weighted by molar-refractivity contribution is -0.113. The third-order valence-electron chi connectivity index (χ3n) is 4.34. The van der Waals surface area contributed by atoms with Gasteiger partial charge in [0.05, 0.1) is 20.0 Å². The highest BCUT2D eigenvalue weighted by Gasteiger charge is 2.20. The number of amides is 1. The van der Waals surface area contributed by atoms with Crippen molar-refractivity contribution >= 4 is 29.2 Å². The Balaban J connectivity index is 1.48. The standard InChI is InChI=1S/C21H20N4O4S/c1-27-15-7-16(28-2)9-17(8-15)29-14-5-3-4-13(6-14)10-22-20-19-21(24-12-23-20)30-11-18(26)25-19/h3-9,12H,10-11H2,1-2H3,(H,25,26)(H,22,23,24). The topological polar surface area (TPSA) is 94.6 Å². The van der Waals surface area contributed by atoms with Gasteiger partial charge in [-0.1, -0.05) is 23.9 Å². The second-order valence-electron chi connectivity index (χ2n) is 6.39. The largest absolute Gasteiger partial charge is 0.496 e. The Morgan fingerprint density at radius 1 is 1.03 bits per heavy atom. The number of ether oxygens (including phenoxy) is 3. The molecule has 0 unspecified atom stereocenters. The van der Waals surface area contributed by atoms with E-state index in [1.807, 2.05) is 24.3 Å². The quantitative estimate of drug-likeness (QED) is 0.551. The van der Waals surface area contributed by atoms with Crippen LogP contribution in [0.3, 0.4) is 0 Å². The smallest absolute Gasteiger partial charge is 0.234 e. The molecule has 1 amide bonds. The van der Waals surface area contributed by atoms with Gasteiger partial charge in [-0.15, -0.1) is 0 Å². The van der Waals surface area contributed by atoms with E-state index in [2.05, 4.69) is 20.6 Å². The monoisotopic (exact) mass is 424 g/mol. The number of benzene rings is 2. The normalized spacial score (nSPS) is 12.5. The first-order valence-corrected chi connectivity index (χ1v) is 10.1. The molecule has 3 aromatic rings. The molecule has 4 rings (SSSR count). The minimum Gasteiger partial charge on any atom is -0.496 e. The van der Waals surface area contributed by atoms with Gasteiger partial charge in [-0.05, 0) is 17.7 Å². The zero-order valence-electron chi connectivity index (χ0n) is 16.5. The van der Waals surface area contributed by atoms with Crippen LogP contribution in [0.5, 0.6) is 23.0 Å². The van der Waals surface area contributed by atoms with E-state index in [0.29, 0.717) is 46.8 Å². The van der Waals surface area contributed by atoms with E-state index in [4.69, 9.17) is 14.2 Å². The summed E-state index contributed by atoms with van der Waals surface area (Å²) in [4.78, 5) is 20.2. The average Bonchev–Trinajstić information content (AvgIpc) is 2.77. The van der Waals surface area contributed by atoms with Crippen molar-refractivity contribution in [3.05, 3.63) is 54.4 Å². The zero-order chi connectivity index (χ0) is 20.9. The van der Waals surface area contributed by atoms with Crippen molar-refractivity contribution in [2.45, 2.75) is 11.6 Å². The summed E-state index contributed by atoms with van der Waals surface area (Å²) >= 11 is 1.40. The number of rotatable bonds is 7. The number of aromatic nitrogens is 2. The number of fused-ring (bicyclic) bond motifs is 1. The molecular formula is C21H20N4O4S. The third kappa shape index (κ3) is 4.57. The van der Waals surface area contributed by atoms with E-state index >= 15 is 0 Å². The third-order valence-corrected chi connectivity index (χ3v) is 5.33. The molecule has 0 atom stereocenters. The Bertz CT molecular complexity index is 1050. The molecule has 0 radical (unpaired) electrons. The lowest BCUT2D eigenvalue weighted by Gasteiger charge is -2.18. The number of nitrogens with zero attached hydrogens (tertiary/aromatic N) is 2. The van der Waals surface area contributed by atoms with E-state index in [0.717, 1.165) is 10.6 Å². The van der Waals surface area contributed by atoms with Crippen LogP contribution < -0.4 is 24.8 Å². The van der Waals surface area contributed by atoms with Crippen LogP contribution in [0.15, 0.2) is 53.8 Å². The summed E-state index contributed by atoms with van der Waals surface area (Å²) in [7, 11) is 3.19. The van der Waals surface area contributed by atoms with Gasteiger partial charge in [0.25, 0.3) is 0 Å². The van der Waals surface area contributed by atoms with Crippen LogP contribution in [0.25, 0.3) is 0 Å². The molecule has 1 aromatic heterocycles. The Kier molecular flexibility index (Phi) is 5.89. The fraction of sp³-hybridized carbons (Fsp3) is 0.190. The number of hydrogen-bond acceptors (Lipinski definition) is 8. The van der Waals surface area contributed by atoms with E-state index in [1.165, 1.54) is 18.1 Å². The van der Waals surface area contributed by atoms with Crippen molar-refractivity contribution in [2.24, 2.45) is 0 Å². The Morgan fingerprint density at radius 3 is 2.57 bits per heavy atom. The summed E-state index contributed by atoms with van der Waals surface area (Å²) in [5, 5.41) is 6.86. The maximum Gasteiger partial charge on any atom is 0.234 e. The molecular weight excluding hydrogens is 404 g/mol. The SMILES string of the molecule is COc1cc(OC)cc(Oc2cccc(CNc3ncnc4c3NC(=O)CS4)c2)c1. The number of carbonyl (C=O) groups is 1. The lowest BCUT2D eigenvalue weighted by atomic mass is 10.2. The molecule has 2 aromatic carbocycles. The summed E-state index contributed by atoms with van der Waals surface area (Å²) in [6.07, 6.45) is 1.49. The van der Waals surface area contributed by atoms with Gasteiger partial charge < -0.3 is 24.8 Å². The van der Waals surface area contributed by atoms with Crippen LogP contribution in [-0.2, 0) is 11.3 Å². The summed E-state index contributed by atoms with van der Waals surface area (Å²) in [6, 6.07) is 13.1. The highest BCUT2D eigenvalue weighted by molar-refractivity contribution is 8.00. The number of methoxy groups -OCH3 is 2. The second-order valence-corrected chi connectivity index (χ2v) is 7.35. The highest BCUT2D eigenvalue weighted by atomic mass is 32.2. The van der Waals surface area contributed by atoms with Crippen LogP contribution in [0.2, 0.25) is 0 Å². The predicted molar refractivity (Wildman–Crippen MR) is 115 cm³/mol. The molecule has 154 valence electrons. The van der Waals surface area contributed by atoms with Crippen LogP contribution in [-0.4, -0.2) is 35.8 Å². The molecule has 0 aliphatic carbocycles. The Morgan fingerprint density at radius 2 is 1.80 bits per heavy atom. The number of hydrogen-bond donors (Lipinski definition) is 2. The molecule has 0 bridgehead atoms. The average molecular weight is 424 g/mol. The van der Waals surface area contributed by atoms with E-state index in [1.54, 1.807) is 32.4 Å². The molecule has 30 heavy (non-hydrogen) atoms. The zero-order valence-corrected chi connectivity index (χ0v) is 17.3. The van der Waals surface area contributed by atoms with Crippen LogP contribution in [0.4, 0.5) is 11.5 Å². The minimum absolute atomic E-state index is 0.0607. The second kappa shape index (κ2) is 8.91. The molecule has 9 heteroatoms. The molecule has 2 N–H and O–H groups in total. The van der Waals surface area contributed by atoms with Gasteiger partial charge in [-0.25, -0.2) is 9.97 Å². The van der Waals surface area contributed by atoms with E-state index in [-0.39, 0.29) is 5.91 Å². The highest BCUT2D eigenvalue weighted by Crippen LogP contribution is 2.34. The van der Waals surface area contributed by atoms with Gasteiger partial charge in [-0.3, -0.25) is 4.79 Å². The molecule has 1 aliphatic rings. The molecule has 2 heterocycles. The van der Waals surface area contributed by atoms with Crippen LogP contribution >= 0.6 is 11.8 Å². The lowest BCUT2D eigenvalue weighted by Crippen LogP contribution is -2.21. The van der Waals surface area contributed by atoms with Crippen molar-refractivity contribution in [1.29, 1.82) is 0 Å². The first kappa shape index (κ1) is 19.8. The maximum absolute atomic E-state index is 11.7. The van der Waals surface area contributed by atoms with Gasteiger partial charge in [-0.2, -0.15) is 0 Å². The molecule has 8 nitrogen and oxygen atoms in total. The summed E-state index contributed by atoms with van der Waals surface area (Å²) in [5.41, 5.74) is 1.61. The van der Waals surface area contributed by atoms with Crippen molar-refractivity contribution in [2.75, 3.05) is 30.6 Å². The minimum atomic E-state index is -0.0607. The van der Waals surface area contributed by atoms with Crippen molar-refractivity contribution in [1.82, 2.24) is 9.97 Å². The number of thioether (sulfide) groups is 1. The Hall–Kier alpha value is -3.46. The maximum atomic E-state index is 11.7. The molecule has 0 fully saturated rings. The predicted octanol–water partition coefficient (Wildman–Crippen LogP) is 3.94. The number of anilines is 2. The van der Waals surface area contributed by atoms with Crippen molar-refractivity contribution in [3.8, 4) is 23.0 Å². The van der Waals surface area contributed by atoms with Gasteiger partial charge >= 0.3 is 0 Å². The summed E-state index contributed by atoms with van der Waals surface area (Å²) < 4.78 is 16.6. The number of nitrogens with one attached hydrogen (secondary N) is 2. The van der Waals surface area contributed by atoms with Gasteiger partial charge in [0, 0.05) is 24.7 Å². The molecule has 0 saturated heterocycles. The van der Waals surface area contributed by atoms with Gasteiger partial charge in [0.2, 0.25) is 5.91 Å². The molecule has 1 aliphatic heterocycles. The van der Waals surface area contributed by atoms with E-state index < -0.39 is 0 Å². The number of carbonyl (C=O) groups excluding carboxylic acids is 1. The van der Waals surface area contributed by atoms with Crippen molar-refractivity contribution in [3.63, 3.8) is 0 Å². The Labute approximate surface area is 178 Å². The first-order valence-electron chi connectivity index (χ1n) is 9.16. The molecule has 0 spiro atoms.